The Balaban J connectivity index is 2.09. The Bertz CT molecular complexity index is 623. The molecule has 0 aromatic carbocycles. The Morgan fingerprint density at radius 1 is 1.48 bits per heavy atom. The molecule has 0 saturated carbocycles. The number of amides is 1. The largest absolute Gasteiger partial charge is 0.481 e. The molecule has 0 spiro atoms. The van der Waals surface area contributed by atoms with Crippen LogP contribution in [0.15, 0.2) is 6.08 Å². The van der Waals surface area contributed by atoms with Gasteiger partial charge in [-0.05, 0) is 26.3 Å². The summed E-state index contributed by atoms with van der Waals surface area (Å²) in [5.41, 5.74) is 0.585. The molecule has 1 fully saturated rings. The number of hydrogen-bond acceptors (Lipinski definition) is 3. The van der Waals surface area contributed by atoms with Crippen molar-refractivity contribution in [3.05, 3.63) is 22.5 Å². The van der Waals surface area contributed by atoms with E-state index in [1.807, 2.05) is 6.92 Å². The van der Waals surface area contributed by atoms with Gasteiger partial charge in [0.15, 0.2) is 0 Å². The van der Waals surface area contributed by atoms with Crippen molar-refractivity contribution in [2.24, 2.45) is 12.5 Å². The van der Waals surface area contributed by atoms with Crippen molar-refractivity contribution >= 4 is 29.6 Å². The molecule has 1 N–H and O–H groups in total. The lowest BCUT2D eigenvalue weighted by molar-refractivity contribution is -0.147. The molecule has 2 heterocycles. The van der Waals surface area contributed by atoms with Gasteiger partial charge in [-0.2, -0.15) is 5.10 Å². The second kappa shape index (κ2) is 5.52. The zero-order valence-corrected chi connectivity index (χ0v) is 13.0. The molecule has 2 rings (SSSR count). The molecule has 114 valence electrons. The van der Waals surface area contributed by atoms with Crippen LogP contribution in [0.5, 0.6) is 0 Å². The first-order chi connectivity index (χ1) is 9.74. The topological polar surface area (TPSA) is 75.4 Å². The highest BCUT2D eigenvalue weighted by molar-refractivity contribution is 6.31. The maximum atomic E-state index is 12.1. The summed E-state index contributed by atoms with van der Waals surface area (Å²) in [7, 11) is 1.73. The number of aliphatic carboxylic acids is 1. The number of nitrogens with zero attached hydrogens (tertiary/aromatic N) is 3. The van der Waals surface area contributed by atoms with Crippen LogP contribution >= 0.6 is 11.6 Å². The molecule has 1 aliphatic rings. The van der Waals surface area contributed by atoms with Gasteiger partial charge in [-0.15, -0.1) is 0 Å². The summed E-state index contributed by atoms with van der Waals surface area (Å²) < 4.78 is 1.54. The number of likely N-dealkylation sites (tertiary alicyclic amines) is 1. The van der Waals surface area contributed by atoms with E-state index in [9.17, 15) is 14.7 Å². The monoisotopic (exact) mass is 311 g/mol. The first-order valence-corrected chi connectivity index (χ1v) is 7.02. The van der Waals surface area contributed by atoms with Crippen LogP contribution in [0, 0.1) is 12.3 Å². The van der Waals surface area contributed by atoms with Crippen molar-refractivity contribution in [2.75, 3.05) is 13.1 Å². The first-order valence-electron chi connectivity index (χ1n) is 6.64. The lowest BCUT2D eigenvalue weighted by Gasteiger charge is -2.18. The highest BCUT2D eigenvalue weighted by Crippen LogP contribution is 2.30. The minimum Gasteiger partial charge on any atom is -0.481 e. The number of aromatic nitrogens is 2. The van der Waals surface area contributed by atoms with Gasteiger partial charge in [-0.25, -0.2) is 0 Å². The molecular weight excluding hydrogens is 294 g/mol. The fourth-order valence-corrected chi connectivity index (χ4v) is 2.66. The van der Waals surface area contributed by atoms with Gasteiger partial charge in [-0.3, -0.25) is 14.3 Å². The Morgan fingerprint density at radius 3 is 2.62 bits per heavy atom. The van der Waals surface area contributed by atoms with E-state index in [2.05, 4.69) is 5.10 Å². The molecule has 1 amide bonds. The quantitative estimate of drug-likeness (QED) is 0.862. The lowest BCUT2D eigenvalue weighted by atomic mass is 9.90. The number of carboxylic acid groups (broad SMARTS) is 1. The summed E-state index contributed by atoms with van der Waals surface area (Å²) in [6.45, 7) is 4.15. The minimum atomic E-state index is -0.868. The van der Waals surface area contributed by atoms with Gasteiger partial charge in [0.05, 0.1) is 11.1 Å². The standard InChI is InChI=1S/C14H18ClN3O3/c1-9-10(12(15)17(3)16-9)4-5-11(19)18-7-6-14(2,8-18)13(20)21/h4-5H,6-8H2,1-3H3,(H,20,21)/b5-4-/t14-/m0/s1. The maximum absolute atomic E-state index is 12.1. The van der Waals surface area contributed by atoms with Crippen LogP contribution in [-0.4, -0.2) is 44.8 Å². The fourth-order valence-electron chi connectivity index (χ4n) is 2.42. The van der Waals surface area contributed by atoms with E-state index in [4.69, 9.17) is 11.6 Å². The van der Waals surface area contributed by atoms with Crippen molar-refractivity contribution < 1.29 is 14.7 Å². The van der Waals surface area contributed by atoms with E-state index in [1.54, 1.807) is 29.6 Å². The average Bonchev–Trinajstić information content (AvgIpc) is 2.91. The third-order valence-electron chi connectivity index (χ3n) is 3.89. The maximum Gasteiger partial charge on any atom is 0.311 e. The Labute approximate surface area is 128 Å². The second-order valence-corrected chi connectivity index (χ2v) is 5.98. The van der Waals surface area contributed by atoms with Crippen molar-refractivity contribution in [2.45, 2.75) is 20.3 Å². The molecule has 1 aliphatic heterocycles. The number of aryl methyl sites for hydroxylation is 2. The highest BCUT2D eigenvalue weighted by Gasteiger charge is 2.41. The second-order valence-electron chi connectivity index (χ2n) is 5.62. The molecule has 0 unspecified atom stereocenters. The number of rotatable bonds is 3. The van der Waals surface area contributed by atoms with Crippen LogP contribution in [0.1, 0.15) is 24.6 Å². The predicted molar refractivity (Wildman–Crippen MR) is 78.9 cm³/mol. The Kier molecular flexibility index (Phi) is 4.09. The van der Waals surface area contributed by atoms with Gasteiger partial charge in [-0.1, -0.05) is 11.6 Å². The van der Waals surface area contributed by atoms with E-state index in [-0.39, 0.29) is 12.5 Å². The van der Waals surface area contributed by atoms with Gasteiger partial charge in [0.1, 0.15) is 5.15 Å². The molecule has 1 saturated heterocycles. The summed E-state index contributed by atoms with van der Waals surface area (Å²) >= 11 is 6.09. The van der Waals surface area contributed by atoms with E-state index < -0.39 is 11.4 Å². The molecule has 1 aromatic rings. The summed E-state index contributed by atoms with van der Waals surface area (Å²) in [6, 6.07) is 0. The third kappa shape index (κ3) is 2.95. The predicted octanol–water partition coefficient (Wildman–Crippen LogP) is 1.72. The van der Waals surface area contributed by atoms with E-state index >= 15 is 0 Å². The zero-order chi connectivity index (χ0) is 15.8. The van der Waals surface area contributed by atoms with Crippen molar-refractivity contribution in [1.82, 2.24) is 14.7 Å². The van der Waals surface area contributed by atoms with Gasteiger partial charge in [0.25, 0.3) is 0 Å². The van der Waals surface area contributed by atoms with Crippen LogP contribution in [0.3, 0.4) is 0 Å². The number of carboxylic acids is 1. The van der Waals surface area contributed by atoms with Crippen molar-refractivity contribution in [3.8, 4) is 0 Å². The number of halogens is 1. The van der Waals surface area contributed by atoms with Gasteiger partial charge < -0.3 is 10.0 Å². The van der Waals surface area contributed by atoms with Crippen LogP contribution in [-0.2, 0) is 16.6 Å². The van der Waals surface area contributed by atoms with E-state index in [0.717, 1.165) is 5.69 Å². The number of carbonyl (C=O) groups is 2. The smallest absolute Gasteiger partial charge is 0.311 e. The van der Waals surface area contributed by atoms with Gasteiger partial charge in [0, 0.05) is 31.8 Å². The third-order valence-corrected chi connectivity index (χ3v) is 4.34. The molecule has 0 aliphatic carbocycles. The van der Waals surface area contributed by atoms with E-state index in [0.29, 0.717) is 23.7 Å². The summed E-state index contributed by atoms with van der Waals surface area (Å²) in [4.78, 5) is 24.9. The first kappa shape index (κ1) is 15.6. The zero-order valence-electron chi connectivity index (χ0n) is 12.3. The van der Waals surface area contributed by atoms with Gasteiger partial charge in [0.2, 0.25) is 5.91 Å². The molecule has 1 aromatic heterocycles. The SMILES string of the molecule is Cc1nn(C)c(Cl)c1/C=C\C(=O)N1CC[C@](C)(C(=O)O)C1. The van der Waals surface area contributed by atoms with Crippen molar-refractivity contribution in [3.63, 3.8) is 0 Å². The fraction of sp³-hybridized carbons (Fsp3) is 0.500. The normalized spacial score (nSPS) is 22.2. The lowest BCUT2D eigenvalue weighted by Crippen LogP contribution is -2.34. The molecule has 6 nitrogen and oxygen atoms in total. The molecule has 7 heteroatoms. The van der Waals surface area contributed by atoms with Crippen LogP contribution in [0.4, 0.5) is 0 Å². The molecule has 0 bridgehead atoms. The molecule has 0 radical (unpaired) electrons. The van der Waals surface area contributed by atoms with Crippen molar-refractivity contribution in [1.29, 1.82) is 0 Å². The van der Waals surface area contributed by atoms with Crippen LogP contribution < -0.4 is 0 Å². The van der Waals surface area contributed by atoms with E-state index in [1.165, 1.54) is 6.08 Å². The summed E-state index contributed by atoms with van der Waals surface area (Å²) in [5.74, 6) is -1.08. The summed E-state index contributed by atoms with van der Waals surface area (Å²) in [6.07, 6.45) is 3.52. The Morgan fingerprint density at radius 2 is 2.14 bits per heavy atom. The molecular formula is C14H18ClN3O3. The van der Waals surface area contributed by atoms with Gasteiger partial charge >= 0.3 is 5.97 Å². The highest BCUT2D eigenvalue weighted by atomic mass is 35.5. The summed E-state index contributed by atoms with van der Waals surface area (Å²) in [5, 5.41) is 13.8. The van der Waals surface area contributed by atoms with Crippen LogP contribution in [0.25, 0.3) is 6.08 Å². The minimum absolute atomic E-state index is 0.209. The average molecular weight is 312 g/mol. The number of carbonyl (C=O) groups excluding carboxylic acids is 1. The molecule has 21 heavy (non-hydrogen) atoms. The Hall–Kier alpha value is -1.82. The molecule has 1 atom stereocenters. The number of hydrogen-bond donors (Lipinski definition) is 1. The van der Waals surface area contributed by atoms with Crippen LogP contribution in [0.2, 0.25) is 5.15 Å².